The van der Waals surface area contributed by atoms with Gasteiger partial charge in [-0.2, -0.15) is 0 Å². The summed E-state index contributed by atoms with van der Waals surface area (Å²) in [4.78, 5) is 32.4. The maximum atomic E-state index is 14.3. The van der Waals surface area contributed by atoms with E-state index >= 15 is 0 Å². The number of nitrogens with zero attached hydrogens (tertiary/aromatic N) is 1. The molecule has 0 bridgehead atoms. The molecule has 0 aliphatic heterocycles. The lowest BCUT2D eigenvalue weighted by Crippen LogP contribution is -2.40. The Morgan fingerprint density at radius 2 is 1.82 bits per heavy atom. The lowest BCUT2D eigenvalue weighted by molar-refractivity contribution is 0.102. The fourth-order valence-electron chi connectivity index (χ4n) is 2.79. The molecule has 0 atom stereocenters. The molecular formula is C24H26Cl2FN3O3Si. The highest BCUT2D eigenvalue weighted by Crippen LogP contribution is 2.37. The molecule has 3 aromatic rings. The van der Waals surface area contributed by atoms with Gasteiger partial charge in [0.1, 0.15) is 5.69 Å². The average molecular weight is 522 g/mol. The Bertz CT molecular complexity index is 1220. The van der Waals surface area contributed by atoms with E-state index in [1.165, 1.54) is 24.4 Å². The van der Waals surface area contributed by atoms with Gasteiger partial charge in [0.05, 0.1) is 39.8 Å². The topological polar surface area (TPSA) is 84.1 Å². The third-order valence-electron chi connectivity index (χ3n) is 5.93. The molecule has 0 fully saturated rings. The SMILES string of the molecule is CC(C)(C)[Si](C)(C)OCc1ccc(NC(=O)c2cc(C(=O)c3c(Cl)ccc(Cl)c3F)c[nH]2)cn1. The van der Waals surface area contributed by atoms with Crippen molar-refractivity contribution in [2.75, 3.05) is 5.32 Å². The number of pyridine rings is 1. The largest absolute Gasteiger partial charge is 0.411 e. The summed E-state index contributed by atoms with van der Waals surface area (Å²) in [5.74, 6) is -2.08. The van der Waals surface area contributed by atoms with Gasteiger partial charge in [-0.15, -0.1) is 0 Å². The van der Waals surface area contributed by atoms with E-state index in [9.17, 15) is 14.0 Å². The van der Waals surface area contributed by atoms with Crippen LogP contribution in [0.1, 0.15) is 52.9 Å². The molecule has 0 saturated carbocycles. The maximum absolute atomic E-state index is 14.3. The monoisotopic (exact) mass is 521 g/mol. The molecule has 1 aromatic carbocycles. The molecule has 0 aliphatic carbocycles. The molecule has 6 nitrogen and oxygen atoms in total. The number of aromatic nitrogens is 2. The average Bonchev–Trinajstić information content (AvgIpc) is 3.26. The second-order valence-corrected chi connectivity index (χ2v) is 15.0. The van der Waals surface area contributed by atoms with Gasteiger partial charge in [0.15, 0.2) is 19.9 Å². The Balaban J connectivity index is 1.66. The minimum Gasteiger partial charge on any atom is -0.411 e. The summed E-state index contributed by atoms with van der Waals surface area (Å²) in [5, 5.41) is 2.52. The quantitative estimate of drug-likeness (QED) is 0.202. The molecule has 0 radical (unpaired) electrons. The molecule has 180 valence electrons. The van der Waals surface area contributed by atoms with Crippen LogP contribution in [-0.4, -0.2) is 30.0 Å². The van der Waals surface area contributed by atoms with E-state index in [-0.39, 0.29) is 31.9 Å². The van der Waals surface area contributed by atoms with Gasteiger partial charge in [-0.1, -0.05) is 44.0 Å². The van der Waals surface area contributed by atoms with Crippen molar-refractivity contribution in [3.63, 3.8) is 0 Å². The van der Waals surface area contributed by atoms with Crippen LogP contribution < -0.4 is 5.32 Å². The van der Waals surface area contributed by atoms with Gasteiger partial charge in [0.2, 0.25) is 0 Å². The molecule has 1 amide bonds. The number of rotatable bonds is 7. The number of hydrogen-bond donors (Lipinski definition) is 2. The van der Waals surface area contributed by atoms with Crippen LogP contribution in [0.4, 0.5) is 10.1 Å². The first-order chi connectivity index (χ1) is 15.8. The van der Waals surface area contributed by atoms with Gasteiger partial charge in [-0.05, 0) is 48.5 Å². The number of anilines is 1. The second kappa shape index (κ2) is 9.99. The summed E-state index contributed by atoms with van der Waals surface area (Å²) in [7, 11) is -1.89. The van der Waals surface area contributed by atoms with Crippen LogP contribution >= 0.6 is 23.2 Å². The molecular weight excluding hydrogens is 496 g/mol. The van der Waals surface area contributed by atoms with Crippen LogP contribution in [0.25, 0.3) is 0 Å². The lowest BCUT2D eigenvalue weighted by Gasteiger charge is -2.36. The lowest BCUT2D eigenvalue weighted by atomic mass is 10.0. The molecule has 34 heavy (non-hydrogen) atoms. The Kier molecular flexibility index (Phi) is 7.67. The predicted octanol–water partition coefficient (Wildman–Crippen LogP) is 6.86. The first-order valence-electron chi connectivity index (χ1n) is 10.6. The molecule has 0 spiro atoms. The van der Waals surface area contributed by atoms with Crippen LogP contribution in [0.15, 0.2) is 42.7 Å². The van der Waals surface area contributed by atoms with Gasteiger partial charge in [0.25, 0.3) is 5.91 Å². The third kappa shape index (κ3) is 5.75. The van der Waals surface area contributed by atoms with Crippen LogP contribution in [0.2, 0.25) is 28.2 Å². The van der Waals surface area contributed by atoms with E-state index in [1.54, 1.807) is 18.3 Å². The van der Waals surface area contributed by atoms with Crippen molar-refractivity contribution in [1.29, 1.82) is 0 Å². The van der Waals surface area contributed by atoms with Crippen LogP contribution in [0.5, 0.6) is 0 Å². The number of halogens is 3. The van der Waals surface area contributed by atoms with Crippen molar-refractivity contribution < 1.29 is 18.4 Å². The zero-order chi connectivity index (χ0) is 25.3. The van der Waals surface area contributed by atoms with Crippen molar-refractivity contribution in [2.24, 2.45) is 0 Å². The summed E-state index contributed by atoms with van der Waals surface area (Å²) >= 11 is 11.7. The van der Waals surface area contributed by atoms with E-state index in [1.807, 2.05) is 0 Å². The normalized spacial score (nSPS) is 12.0. The summed E-state index contributed by atoms with van der Waals surface area (Å²) in [6.07, 6.45) is 2.85. The zero-order valence-electron chi connectivity index (χ0n) is 19.6. The van der Waals surface area contributed by atoms with Crippen molar-refractivity contribution in [1.82, 2.24) is 9.97 Å². The molecule has 0 aliphatic rings. The number of ketones is 1. The summed E-state index contributed by atoms with van der Waals surface area (Å²) in [5.41, 5.74) is 1.08. The second-order valence-electron chi connectivity index (χ2n) is 9.39. The predicted molar refractivity (Wildman–Crippen MR) is 135 cm³/mol. The summed E-state index contributed by atoms with van der Waals surface area (Å²) in [6.45, 7) is 11.3. The first kappa shape index (κ1) is 26.1. The highest BCUT2D eigenvalue weighted by molar-refractivity contribution is 6.74. The Hall–Kier alpha value is -2.52. The third-order valence-corrected chi connectivity index (χ3v) is 11.0. The van der Waals surface area contributed by atoms with Gasteiger partial charge in [-0.25, -0.2) is 4.39 Å². The van der Waals surface area contributed by atoms with Crippen molar-refractivity contribution in [2.45, 2.75) is 45.5 Å². The van der Waals surface area contributed by atoms with E-state index in [2.05, 4.69) is 49.1 Å². The number of benzene rings is 1. The van der Waals surface area contributed by atoms with E-state index in [0.717, 1.165) is 5.69 Å². The smallest absolute Gasteiger partial charge is 0.272 e. The molecule has 2 aromatic heterocycles. The Morgan fingerprint density at radius 3 is 2.44 bits per heavy atom. The molecule has 2 heterocycles. The van der Waals surface area contributed by atoms with Crippen LogP contribution in [-0.2, 0) is 11.0 Å². The fourth-order valence-corrected chi connectivity index (χ4v) is 4.12. The number of aromatic amines is 1. The molecule has 0 unspecified atom stereocenters. The molecule has 0 saturated heterocycles. The molecule has 10 heteroatoms. The number of carbonyl (C=O) groups excluding carboxylic acids is 2. The van der Waals surface area contributed by atoms with Crippen molar-refractivity contribution >= 4 is 48.9 Å². The number of H-pyrrole nitrogens is 1. The summed E-state index contributed by atoms with van der Waals surface area (Å²) < 4.78 is 20.5. The number of hydrogen-bond acceptors (Lipinski definition) is 4. The van der Waals surface area contributed by atoms with Crippen molar-refractivity contribution in [3.8, 4) is 0 Å². The highest BCUT2D eigenvalue weighted by atomic mass is 35.5. The number of amides is 1. The zero-order valence-corrected chi connectivity index (χ0v) is 22.1. The Labute approximate surface area is 209 Å². The van der Waals surface area contributed by atoms with Crippen LogP contribution in [0.3, 0.4) is 0 Å². The number of nitrogens with one attached hydrogen (secondary N) is 2. The van der Waals surface area contributed by atoms with E-state index < -0.39 is 25.8 Å². The fraction of sp³-hybridized carbons (Fsp3) is 0.292. The maximum Gasteiger partial charge on any atom is 0.272 e. The molecule has 3 rings (SSSR count). The van der Waals surface area contributed by atoms with Crippen LogP contribution in [0, 0.1) is 5.82 Å². The number of carbonyl (C=O) groups is 2. The minimum absolute atomic E-state index is 0.0669. The standard InChI is InChI=1S/C24H26Cl2FN3O3Si/c1-24(2,3)34(4,5)33-13-16-7-6-15(12-28-16)30-23(32)19-10-14(11-29-19)22(31)20-17(25)8-9-18(26)21(20)27/h6-12,29H,13H2,1-5H3,(H,30,32). The van der Waals surface area contributed by atoms with Gasteiger partial charge in [0, 0.05) is 11.8 Å². The summed E-state index contributed by atoms with van der Waals surface area (Å²) in [6, 6.07) is 7.45. The highest BCUT2D eigenvalue weighted by Gasteiger charge is 2.37. The van der Waals surface area contributed by atoms with Gasteiger partial charge < -0.3 is 14.7 Å². The van der Waals surface area contributed by atoms with Gasteiger partial charge >= 0.3 is 0 Å². The Morgan fingerprint density at radius 1 is 1.15 bits per heavy atom. The molecule has 2 N–H and O–H groups in total. The minimum atomic E-state index is -1.89. The van der Waals surface area contributed by atoms with E-state index in [0.29, 0.717) is 12.3 Å². The van der Waals surface area contributed by atoms with Crippen molar-refractivity contribution in [3.05, 3.63) is 81.1 Å². The first-order valence-corrected chi connectivity index (χ1v) is 14.2. The van der Waals surface area contributed by atoms with E-state index in [4.69, 9.17) is 27.6 Å². The van der Waals surface area contributed by atoms with Gasteiger partial charge in [-0.3, -0.25) is 14.6 Å².